The van der Waals surface area contributed by atoms with Crippen molar-refractivity contribution in [3.63, 3.8) is 0 Å². The molecule has 186 valence electrons. The van der Waals surface area contributed by atoms with E-state index in [1.165, 1.54) is 0 Å². The molecule has 3 aromatic rings. The Labute approximate surface area is 210 Å². The van der Waals surface area contributed by atoms with Crippen LogP contribution in [0.4, 0.5) is 4.79 Å². The maximum Gasteiger partial charge on any atom is 0.407 e. The molecule has 0 bridgehead atoms. The molecule has 0 unspecified atom stereocenters. The van der Waals surface area contributed by atoms with E-state index in [-0.39, 0.29) is 25.5 Å². The van der Waals surface area contributed by atoms with Gasteiger partial charge >= 0.3 is 6.09 Å². The molecule has 36 heavy (non-hydrogen) atoms. The minimum absolute atomic E-state index is 0.0180. The molecule has 8 nitrogen and oxygen atoms in total. The Bertz CT molecular complexity index is 1190. The van der Waals surface area contributed by atoms with Gasteiger partial charge in [-0.05, 0) is 34.9 Å². The molecule has 2 atom stereocenters. The van der Waals surface area contributed by atoms with E-state index in [2.05, 4.69) is 28.1 Å². The molecular formula is C28H30N4O4. The summed E-state index contributed by atoms with van der Waals surface area (Å²) < 4.78 is 5.53. The van der Waals surface area contributed by atoms with Crippen LogP contribution in [0.25, 0.3) is 11.1 Å². The number of benzene rings is 3. The number of rotatable bonds is 10. The van der Waals surface area contributed by atoms with E-state index in [0.717, 1.165) is 27.8 Å². The van der Waals surface area contributed by atoms with Crippen molar-refractivity contribution < 1.29 is 19.1 Å². The molecule has 4 rings (SSSR count). The molecule has 0 heterocycles. The number of nitrogens with one attached hydrogen (secondary N) is 3. The van der Waals surface area contributed by atoms with Crippen LogP contribution in [0.2, 0.25) is 0 Å². The number of primary amides is 1. The maximum atomic E-state index is 12.8. The van der Waals surface area contributed by atoms with Crippen molar-refractivity contribution in [2.45, 2.75) is 24.4 Å². The average molecular weight is 487 g/mol. The zero-order valence-electron chi connectivity index (χ0n) is 20.1. The molecule has 0 aliphatic heterocycles. The van der Waals surface area contributed by atoms with Crippen molar-refractivity contribution in [2.75, 3.05) is 20.2 Å². The van der Waals surface area contributed by atoms with Crippen LogP contribution < -0.4 is 21.7 Å². The van der Waals surface area contributed by atoms with Crippen molar-refractivity contribution in [1.29, 1.82) is 0 Å². The van der Waals surface area contributed by atoms with Gasteiger partial charge in [0.25, 0.3) is 0 Å². The smallest absolute Gasteiger partial charge is 0.407 e. The van der Waals surface area contributed by atoms with Crippen LogP contribution in [0.5, 0.6) is 0 Å². The van der Waals surface area contributed by atoms with Crippen LogP contribution in [0.3, 0.4) is 0 Å². The molecule has 5 N–H and O–H groups in total. The summed E-state index contributed by atoms with van der Waals surface area (Å²) in [6, 6.07) is 23.8. The molecule has 3 aromatic carbocycles. The van der Waals surface area contributed by atoms with Gasteiger partial charge in [0.1, 0.15) is 18.7 Å². The second kappa shape index (κ2) is 11.5. The minimum atomic E-state index is -0.870. The fourth-order valence-corrected chi connectivity index (χ4v) is 4.51. The van der Waals surface area contributed by atoms with E-state index in [4.69, 9.17) is 10.5 Å². The number of hydrogen-bond donors (Lipinski definition) is 4. The predicted molar refractivity (Wildman–Crippen MR) is 137 cm³/mol. The van der Waals surface area contributed by atoms with E-state index >= 15 is 0 Å². The van der Waals surface area contributed by atoms with Gasteiger partial charge in [-0.3, -0.25) is 9.59 Å². The Morgan fingerprint density at radius 1 is 0.861 bits per heavy atom. The van der Waals surface area contributed by atoms with Gasteiger partial charge in [-0.15, -0.1) is 0 Å². The fraction of sp³-hybridized carbons (Fsp3) is 0.250. The lowest BCUT2D eigenvalue weighted by Crippen LogP contribution is -2.55. The molecule has 0 fully saturated rings. The summed E-state index contributed by atoms with van der Waals surface area (Å²) in [6.07, 6.45) is -0.348. The first-order valence-electron chi connectivity index (χ1n) is 11.9. The summed E-state index contributed by atoms with van der Waals surface area (Å²) in [7, 11) is 1.60. The number of amides is 3. The van der Waals surface area contributed by atoms with Gasteiger partial charge in [-0.1, -0.05) is 78.9 Å². The molecule has 0 spiro atoms. The Hall–Kier alpha value is -4.17. The molecule has 1 aliphatic rings. The van der Waals surface area contributed by atoms with Crippen molar-refractivity contribution in [3.05, 3.63) is 95.6 Å². The largest absolute Gasteiger partial charge is 0.449 e. The third kappa shape index (κ3) is 5.72. The van der Waals surface area contributed by atoms with Gasteiger partial charge in [-0.2, -0.15) is 0 Å². The molecule has 1 aliphatic carbocycles. The number of carbonyl (C=O) groups excluding carboxylic acids is 3. The van der Waals surface area contributed by atoms with Crippen LogP contribution in [0.1, 0.15) is 22.6 Å². The summed E-state index contributed by atoms with van der Waals surface area (Å²) in [5, 5.41) is 8.16. The van der Waals surface area contributed by atoms with Gasteiger partial charge in [0, 0.05) is 18.9 Å². The summed E-state index contributed by atoms with van der Waals surface area (Å²) in [5.74, 6) is -1.14. The van der Waals surface area contributed by atoms with E-state index in [9.17, 15) is 14.4 Å². The van der Waals surface area contributed by atoms with E-state index in [1.807, 2.05) is 66.7 Å². The lowest BCUT2D eigenvalue weighted by molar-refractivity contribution is -0.128. The SMILES string of the molecule is CN[C@@H](CNC(=O)OCC1c2ccccc2-c2ccccc21)C(=O)N[C@@H](Cc1ccccc1)C(N)=O. The zero-order valence-corrected chi connectivity index (χ0v) is 20.1. The second-order valence-electron chi connectivity index (χ2n) is 8.70. The van der Waals surface area contributed by atoms with Gasteiger partial charge in [0.05, 0.1) is 0 Å². The van der Waals surface area contributed by atoms with E-state index in [1.54, 1.807) is 7.05 Å². The summed E-state index contributed by atoms with van der Waals surface area (Å²) in [6.45, 7) is 0.160. The first-order valence-corrected chi connectivity index (χ1v) is 11.9. The lowest BCUT2D eigenvalue weighted by Gasteiger charge is -2.21. The van der Waals surface area contributed by atoms with Crippen LogP contribution in [0, 0.1) is 0 Å². The molecule has 0 radical (unpaired) electrons. The first kappa shape index (κ1) is 24.9. The number of nitrogens with two attached hydrogens (primary N) is 1. The first-order chi connectivity index (χ1) is 17.5. The minimum Gasteiger partial charge on any atom is -0.449 e. The number of hydrogen-bond acceptors (Lipinski definition) is 5. The Kier molecular flexibility index (Phi) is 7.97. The lowest BCUT2D eigenvalue weighted by atomic mass is 9.98. The highest BCUT2D eigenvalue weighted by molar-refractivity contribution is 5.89. The van der Waals surface area contributed by atoms with Gasteiger partial charge in [-0.25, -0.2) is 4.79 Å². The number of fused-ring (bicyclic) bond motifs is 3. The number of ether oxygens (including phenoxy) is 1. The normalized spacial score (nSPS) is 13.7. The van der Waals surface area contributed by atoms with Gasteiger partial charge < -0.3 is 26.4 Å². The molecule has 0 saturated carbocycles. The number of likely N-dealkylation sites (N-methyl/N-ethyl adjacent to an activating group) is 1. The molecule has 0 aromatic heterocycles. The van der Waals surface area contributed by atoms with Crippen molar-refractivity contribution in [3.8, 4) is 11.1 Å². The van der Waals surface area contributed by atoms with Crippen molar-refractivity contribution >= 4 is 17.9 Å². The molecule has 0 saturated heterocycles. The highest BCUT2D eigenvalue weighted by Crippen LogP contribution is 2.44. The predicted octanol–water partition coefficient (Wildman–Crippen LogP) is 2.33. The van der Waals surface area contributed by atoms with Crippen LogP contribution in [-0.2, 0) is 20.7 Å². The van der Waals surface area contributed by atoms with Crippen LogP contribution in [0.15, 0.2) is 78.9 Å². The Morgan fingerprint density at radius 3 is 2.03 bits per heavy atom. The van der Waals surface area contributed by atoms with Gasteiger partial charge in [0.2, 0.25) is 11.8 Å². The number of carbonyl (C=O) groups is 3. The Morgan fingerprint density at radius 2 is 1.44 bits per heavy atom. The third-order valence-electron chi connectivity index (χ3n) is 6.40. The standard InChI is InChI=1S/C28H30N4O4/c1-30-25(27(34)32-24(26(29)33)15-18-9-3-2-4-10-18)16-31-28(35)36-17-23-21-13-7-5-11-19(21)20-12-6-8-14-22(20)23/h2-14,23-25,30H,15-17H2,1H3,(H2,29,33)(H,31,35)(H,32,34)/t24-,25-/m0/s1. The topological polar surface area (TPSA) is 123 Å². The Balaban J connectivity index is 1.31. The maximum absolute atomic E-state index is 12.8. The summed E-state index contributed by atoms with van der Waals surface area (Å²) >= 11 is 0. The third-order valence-corrected chi connectivity index (χ3v) is 6.40. The zero-order chi connectivity index (χ0) is 25.5. The second-order valence-corrected chi connectivity index (χ2v) is 8.70. The summed E-state index contributed by atoms with van der Waals surface area (Å²) in [4.78, 5) is 37.1. The van der Waals surface area contributed by atoms with Gasteiger partial charge in [0.15, 0.2) is 0 Å². The monoisotopic (exact) mass is 486 g/mol. The van der Waals surface area contributed by atoms with Crippen molar-refractivity contribution in [1.82, 2.24) is 16.0 Å². The molecule has 3 amide bonds. The van der Waals surface area contributed by atoms with Crippen LogP contribution in [-0.4, -0.2) is 50.2 Å². The molecule has 8 heteroatoms. The fourth-order valence-electron chi connectivity index (χ4n) is 4.51. The highest BCUT2D eigenvalue weighted by Gasteiger charge is 2.29. The van der Waals surface area contributed by atoms with E-state index in [0.29, 0.717) is 0 Å². The number of alkyl carbamates (subject to hydrolysis) is 1. The van der Waals surface area contributed by atoms with Crippen LogP contribution >= 0.6 is 0 Å². The van der Waals surface area contributed by atoms with Crippen molar-refractivity contribution in [2.24, 2.45) is 5.73 Å². The highest BCUT2D eigenvalue weighted by atomic mass is 16.5. The average Bonchev–Trinajstić information content (AvgIpc) is 3.21. The summed E-state index contributed by atoms with van der Waals surface area (Å²) in [5.41, 5.74) is 10.9. The van der Waals surface area contributed by atoms with E-state index < -0.39 is 30.0 Å². The quantitative estimate of drug-likeness (QED) is 0.350. The molecular weight excluding hydrogens is 456 g/mol.